The van der Waals surface area contributed by atoms with Gasteiger partial charge in [0, 0.05) is 44.4 Å². The predicted octanol–water partition coefficient (Wildman–Crippen LogP) is 1.74. The molecule has 0 aliphatic carbocycles. The molecular formula is C19H24N4O3. The van der Waals surface area contributed by atoms with Gasteiger partial charge in [-0.15, -0.1) is 5.10 Å². The minimum absolute atomic E-state index is 0.0202. The summed E-state index contributed by atoms with van der Waals surface area (Å²) in [5, 5.41) is 8.22. The Morgan fingerprint density at radius 3 is 2.85 bits per heavy atom. The van der Waals surface area contributed by atoms with Gasteiger partial charge in [0.25, 0.3) is 5.91 Å². The van der Waals surface area contributed by atoms with Crippen LogP contribution in [0.3, 0.4) is 0 Å². The standard InChI is InChI=1S/C19H24N4O3/c1-19(2)11-26-17-12(6-5-7-14(17)19)18(24)23-8-13(16(10-23)25-4)15-9-22(3)21-20-15/h5-7,9,13,16H,8,10-11H2,1-4H3/t13-,16+/m0/s1. The molecule has 7 heteroatoms. The summed E-state index contributed by atoms with van der Waals surface area (Å²) in [6.07, 6.45) is 1.79. The Hall–Kier alpha value is -2.41. The molecule has 0 unspecified atom stereocenters. The largest absolute Gasteiger partial charge is 0.492 e. The number of para-hydroxylation sites is 1. The lowest BCUT2D eigenvalue weighted by atomic mass is 9.86. The first-order chi connectivity index (χ1) is 12.4. The molecule has 1 aromatic carbocycles. The van der Waals surface area contributed by atoms with E-state index in [-0.39, 0.29) is 23.3 Å². The summed E-state index contributed by atoms with van der Waals surface area (Å²) in [5.74, 6) is 0.721. The second-order valence-corrected chi connectivity index (χ2v) is 7.76. The first-order valence-electron chi connectivity index (χ1n) is 8.85. The van der Waals surface area contributed by atoms with E-state index in [9.17, 15) is 4.79 Å². The Bertz CT molecular complexity index is 845. The van der Waals surface area contributed by atoms with E-state index in [4.69, 9.17) is 9.47 Å². The van der Waals surface area contributed by atoms with Gasteiger partial charge in [0.2, 0.25) is 0 Å². The molecule has 2 atom stereocenters. The van der Waals surface area contributed by atoms with E-state index in [0.29, 0.717) is 25.3 Å². The predicted molar refractivity (Wildman–Crippen MR) is 95.4 cm³/mol. The third kappa shape index (κ3) is 2.67. The van der Waals surface area contributed by atoms with Crippen molar-refractivity contribution in [3.8, 4) is 5.75 Å². The Morgan fingerprint density at radius 2 is 2.15 bits per heavy atom. The van der Waals surface area contributed by atoms with E-state index < -0.39 is 0 Å². The summed E-state index contributed by atoms with van der Waals surface area (Å²) in [6, 6.07) is 5.83. The van der Waals surface area contributed by atoms with E-state index in [2.05, 4.69) is 24.2 Å². The molecule has 0 bridgehead atoms. The number of ether oxygens (including phenoxy) is 2. The molecular weight excluding hydrogens is 332 g/mol. The molecule has 138 valence electrons. The van der Waals surface area contributed by atoms with Crippen molar-refractivity contribution in [2.45, 2.75) is 31.3 Å². The first kappa shape index (κ1) is 17.0. The summed E-state index contributed by atoms with van der Waals surface area (Å²) >= 11 is 0. The van der Waals surface area contributed by atoms with Crippen LogP contribution in [0, 0.1) is 0 Å². The fraction of sp³-hybridized carbons (Fsp3) is 0.526. The first-order valence-corrected chi connectivity index (χ1v) is 8.85. The van der Waals surface area contributed by atoms with Crippen molar-refractivity contribution < 1.29 is 14.3 Å². The van der Waals surface area contributed by atoms with Crippen molar-refractivity contribution in [1.82, 2.24) is 19.9 Å². The quantitative estimate of drug-likeness (QED) is 0.838. The zero-order chi connectivity index (χ0) is 18.5. The number of carbonyl (C=O) groups is 1. The third-order valence-corrected chi connectivity index (χ3v) is 5.41. The maximum atomic E-state index is 13.2. The number of aryl methyl sites for hydroxylation is 1. The number of benzene rings is 1. The molecule has 3 heterocycles. The molecule has 0 radical (unpaired) electrons. The molecule has 0 spiro atoms. The minimum Gasteiger partial charge on any atom is -0.492 e. The molecule has 2 aliphatic heterocycles. The highest BCUT2D eigenvalue weighted by molar-refractivity contribution is 5.98. The Kier molecular flexibility index (Phi) is 3.99. The molecule has 4 rings (SSSR count). The number of aromatic nitrogens is 3. The van der Waals surface area contributed by atoms with E-state index in [0.717, 1.165) is 17.0 Å². The number of fused-ring (bicyclic) bond motifs is 1. The average molecular weight is 356 g/mol. The summed E-state index contributed by atoms with van der Waals surface area (Å²) in [5.41, 5.74) is 2.50. The molecule has 0 N–H and O–H groups in total. The third-order valence-electron chi connectivity index (χ3n) is 5.41. The van der Waals surface area contributed by atoms with Gasteiger partial charge in [0.15, 0.2) is 0 Å². The van der Waals surface area contributed by atoms with Gasteiger partial charge in [0.05, 0.1) is 29.9 Å². The van der Waals surface area contributed by atoms with Gasteiger partial charge in [-0.1, -0.05) is 31.2 Å². The van der Waals surface area contributed by atoms with Gasteiger partial charge >= 0.3 is 0 Å². The fourth-order valence-corrected chi connectivity index (χ4v) is 3.89. The molecule has 1 amide bonds. The number of carbonyl (C=O) groups excluding carboxylic acids is 1. The Balaban J connectivity index is 1.61. The highest BCUT2D eigenvalue weighted by Gasteiger charge is 2.40. The zero-order valence-corrected chi connectivity index (χ0v) is 15.6. The van der Waals surface area contributed by atoms with Crippen LogP contribution in [0.25, 0.3) is 0 Å². The van der Waals surface area contributed by atoms with Gasteiger partial charge in [-0.3, -0.25) is 9.48 Å². The van der Waals surface area contributed by atoms with Crippen LogP contribution < -0.4 is 4.74 Å². The van der Waals surface area contributed by atoms with Crippen LogP contribution in [0.4, 0.5) is 0 Å². The monoisotopic (exact) mass is 356 g/mol. The summed E-state index contributed by atoms with van der Waals surface area (Å²) in [7, 11) is 3.51. The van der Waals surface area contributed by atoms with Crippen molar-refractivity contribution in [2.24, 2.45) is 7.05 Å². The number of methoxy groups -OCH3 is 1. The minimum atomic E-state index is -0.0928. The lowest BCUT2D eigenvalue weighted by Crippen LogP contribution is -2.30. The fourth-order valence-electron chi connectivity index (χ4n) is 3.89. The summed E-state index contributed by atoms with van der Waals surface area (Å²) < 4.78 is 13.2. The number of nitrogens with zero attached hydrogens (tertiary/aromatic N) is 4. The highest BCUT2D eigenvalue weighted by atomic mass is 16.5. The maximum Gasteiger partial charge on any atom is 0.257 e. The number of hydrogen-bond donors (Lipinski definition) is 0. The van der Waals surface area contributed by atoms with Crippen LogP contribution in [0.15, 0.2) is 24.4 Å². The molecule has 2 aliphatic rings. The molecule has 1 aromatic heterocycles. The van der Waals surface area contributed by atoms with Crippen LogP contribution in [0.1, 0.15) is 41.4 Å². The van der Waals surface area contributed by atoms with Crippen molar-refractivity contribution in [1.29, 1.82) is 0 Å². The number of amides is 1. The van der Waals surface area contributed by atoms with Gasteiger partial charge in [-0.2, -0.15) is 0 Å². The van der Waals surface area contributed by atoms with Crippen LogP contribution in [0.2, 0.25) is 0 Å². The molecule has 1 fully saturated rings. The molecule has 7 nitrogen and oxygen atoms in total. The van der Waals surface area contributed by atoms with Gasteiger partial charge in [-0.25, -0.2) is 0 Å². The summed E-state index contributed by atoms with van der Waals surface area (Å²) in [6.45, 7) is 5.95. The Morgan fingerprint density at radius 1 is 1.35 bits per heavy atom. The number of likely N-dealkylation sites (tertiary alicyclic amines) is 1. The van der Waals surface area contributed by atoms with E-state index in [1.165, 1.54) is 0 Å². The van der Waals surface area contributed by atoms with Crippen molar-refractivity contribution in [3.05, 3.63) is 41.2 Å². The smallest absolute Gasteiger partial charge is 0.257 e. The average Bonchev–Trinajstić information content (AvgIpc) is 3.31. The van der Waals surface area contributed by atoms with E-state index in [1.807, 2.05) is 36.3 Å². The maximum absolute atomic E-state index is 13.2. The van der Waals surface area contributed by atoms with Crippen LogP contribution in [0.5, 0.6) is 5.75 Å². The topological polar surface area (TPSA) is 69.5 Å². The number of hydrogen-bond acceptors (Lipinski definition) is 5. The lowest BCUT2D eigenvalue weighted by Gasteiger charge is -2.18. The Labute approximate surface area is 152 Å². The van der Waals surface area contributed by atoms with Crippen LogP contribution in [-0.2, 0) is 17.2 Å². The van der Waals surface area contributed by atoms with Crippen molar-refractivity contribution in [2.75, 3.05) is 26.8 Å². The normalized spacial score (nSPS) is 23.8. The second kappa shape index (κ2) is 6.09. The number of rotatable bonds is 3. The molecule has 0 saturated carbocycles. The van der Waals surface area contributed by atoms with E-state index in [1.54, 1.807) is 11.8 Å². The van der Waals surface area contributed by atoms with Gasteiger partial charge in [-0.05, 0) is 6.07 Å². The van der Waals surface area contributed by atoms with Gasteiger partial charge in [0.1, 0.15) is 5.75 Å². The molecule has 26 heavy (non-hydrogen) atoms. The van der Waals surface area contributed by atoms with Crippen molar-refractivity contribution >= 4 is 5.91 Å². The van der Waals surface area contributed by atoms with Gasteiger partial charge < -0.3 is 14.4 Å². The highest BCUT2D eigenvalue weighted by Crippen LogP contribution is 2.41. The van der Waals surface area contributed by atoms with E-state index >= 15 is 0 Å². The van der Waals surface area contributed by atoms with Crippen LogP contribution >= 0.6 is 0 Å². The molecule has 2 aromatic rings. The zero-order valence-electron chi connectivity index (χ0n) is 15.6. The molecule has 1 saturated heterocycles. The lowest BCUT2D eigenvalue weighted by molar-refractivity contribution is 0.0711. The van der Waals surface area contributed by atoms with Crippen molar-refractivity contribution in [3.63, 3.8) is 0 Å². The summed E-state index contributed by atoms with van der Waals surface area (Å²) in [4.78, 5) is 15.0. The van der Waals surface area contributed by atoms with Crippen LogP contribution in [-0.4, -0.2) is 58.7 Å². The SMILES string of the molecule is CO[C@@H]1CN(C(=O)c2cccc3c2OCC3(C)C)C[C@H]1c1cn(C)nn1. The second-order valence-electron chi connectivity index (χ2n) is 7.76.